The summed E-state index contributed by atoms with van der Waals surface area (Å²) in [5.74, 6) is 0.00308. The van der Waals surface area contributed by atoms with Gasteiger partial charge in [-0.2, -0.15) is 0 Å². The smallest absolute Gasteiger partial charge is 0.169 e. The van der Waals surface area contributed by atoms with Gasteiger partial charge in [0, 0.05) is 23.0 Å². The van der Waals surface area contributed by atoms with Gasteiger partial charge in [0.15, 0.2) is 11.6 Å². The molecule has 146 valence electrons. The molecule has 0 heterocycles. The Balaban J connectivity index is 1.98. The van der Waals surface area contributed by atoms with E-state index in [0.717, 1.165) is 30.4 Å². The van der Waals surface area contributed by atoms with Crippen LogP contribution in [0.2, 0.25) is 0 Å². The van der Waals surface area contributed by atoms with Crippen molar-refractivity contribution < 1.29 is 9.59 Å². The molecule has 0 amide bonds. The third-order valence-electron chi connectivity index (χ3n) is 6.19. The number of hydrogen-bond donors (Lipinski definition) is 0. The summed E-state index contributed by atoms with van der Waals surface area (Å²) < 4.78 is 0. The maximum absolute atomic E-state index is 13.4. The fourth-order valence-electron chi connectivity index (χ4n) is 4.51. The van der Waals surface area contributed by atoms with Gasteiger partial charge in [-0.1, -0.05) is 99.5 Å². The van der Waals surface area contributed by atoms with Crippen molar-refractivity contribution in [3.8, 4) is 0 Å². The molecular weight excluding hydrogens is 344 g/mol. The minimum Gasteiger partial charge on any atom is -0.294 e. The van der Waals surface area contributed by atoms with Crippen LogP contribution in [0, 0.1) is 23.7 Å². The molecule has 4 atom stereocenters. The predicted molar refractivity (Wildman–Crippen MR) is 114 cm³/mol. The van der Waals surface area contributed by atoms with Crippen LogP contribution in [0.15, 0.2) is 72.3 Å². The number of allylic oxidation sites excluding steroid dienone is 2. The van der Waals surface area contributed by atoms with Gasteiger partial charge in [0.2, 0.25) is 0 Å². The van der Waals surface area contributed by atoms with E-state index >= 15 is 0 Å². The van der Waals surface area contributed by atoms with Crippen molar-refractivity contribution in [3.05, 3.63) is 83.4 Å². The Morgan fingerprint density at radius 3 is 1.89 bits per heavy atom. The molecule has 0 aliphatic heterocycles. The Hall–Kier alpha value is -2.48. The second kappa shape index (κ2) is 9.14. The zero-order valence-electron chi connectivity index (χ0n) is 17.1. The molecule has 0 radical (unpaired) electrons. The quantitative estimate of drug-likeness (QED) is 0.416. The number of carbonyl (C=O) groups is 2. The van der Waals surface area contributed by atoms with Gasteiger partial charge in [-0.15, -0.1) is 0 Å². The third kappa shape index (κ3) is 4.16. The van der Waals surface area contributed by atoms with Crippen molar-refractivity contribution in [2.45, 2.75) is 40.0 Å². The summed E-state index contributed by atoms with van der Waals surface area (Å²) in [6.45, 7) is 6.41. The van der Waals surface area contributed by atoms with Crippen LogP contribution in [-0.4, -0.2) is 11.6 Å². The van der Waals surface area contributed by atoms with Gasteiger partial charge >= 0.3 is 0 Å². The van der Waals surface area contributed by atoms with Crippen molar-refractivity contribution in [1.82, 2.24) is 0 Å². The maximum atomic E-state index is 13.4. The fraction of sp³-hybridized carbons (Fsp3) is 0.385. The minimum atomic E-state index is -0.247. The fourth-order valence-corrected chi connectivity index (χ4v) is 4.51. The number of carbonyl (C=O) groups excluding carboxylic acids is 2. The van der Waals surface area contributed by atoms with Crippen LogP contribution in [0.5, 0.6) is 0 Å². The van der Waals surface area contributed by atoms with Gasteiger partial charge in [-0.05, 0) is 24.7 Å². The normalized spacial score (nSPS) is 24.5. The predicted octanol–water partition coefficient (Wildman–Crippen LogP) is 6.39. The number of Topliss-reactive ketones (excluding diaryl/α,β-unsaturated/α-hetero) is 2. The molecule has 2 aromatic rings. The summed E-state index contributed by atoms with van der Waals surface area (Å²) in [6.07, 6.45) is 5.33. The first-order valence-corrected chi connectivity index (χ1v) is 10.4. The van der Waals surface area contributed by atoms with Gasteiger partial charge in [0.25, 0.3) is 0 Å². The molecule has 0 bridgehead atoms. The highest BCUT2D eigenvalue weighted by molar-refractivity contribution is 6.02. The first kappa shape index (κ1) is 20.3. The lowest BCUT2D eigenvalue weighted by Gasteiger charge is -2.38. The van der Waals surface area contributed by atoms with Crippen LogP contribution >= 0.6 is 0 Å². The molecule has 28 heavy (non-hydrogen) atoms. The van der Waals surface area contributed by atoms with Gasteiger partial charge in [0.05, 0.1) is 0 Å². The maximum Gasteiger partial charge on any atom is 0.169 e. The topological polar surface area (TPSA) is 34.1 Å². The first-order chi connectivity index (χ1) is 13.5. The molecular formula is C26H30O2. The molecule has 1 aliphatic rings. The number of ketones is 2. The van der Waals surface area contributed by atoms with Gasteiger partial charge in [0.1, 0.15) is 0 Å². The Bertz CT molecular complexity index is 835. The van der Waals surface area contributed by atoms with Crippen LogP contribution < -0.4 is 0 Å². The van der Waals surface area contributed by atoms with Crippen LogP contribution in [0.4, 0.5) is 0 Å². The van der Waals surface area contributed by atoms with Gasteiger partial charge in [-0.25, -0.2) is 0 Å². The van der Waals surface area contributed by atoms with Crippen LogP contribution in [0.3, 0.4) is 0 Å². The summed E-state index contributed by atoms with van der Waals surface area (Å²) in [6, 6.07) is 19.0. The lowest BCUT2D eigenvalue weighted by Crippen LogP contribution is -2.39. The average molecular weight is 375 g/mol. The zero-order valence-corrected chi connectivity index (χ0v) is 17.1. The third-order valence-corrected chi connectivity index (χ3v) is 6.19. The van der Waals surface area contributed by atoms with Crippen molar-refractivity contribution >= 4 is 11.6 Å². The van der Waals surface area contributed by atoms with E-state index < -0.39 is 0 Å². The lowest BCUT2D eigenvalue weighted by atomic mass is 9.64. The minimum absolute atomic E-state index is 0.0270. The standard InChI is InChI=1S/C26H30O2/c1-4-5-12-22-17-23(25(27)20-13-8-6-9-14-20)19(3)24(18(22)2)26(28)21-15-10-7-11-16-21/h6-11,13-19,23-24H,4-5,12H2,1-3H3/t18-,19+,23-,24-/m0/s1. The van der Waals surface area contributed by atoms with Crippen molar-refractivity contribution in [2.75, 3.05) is 0 Å². The van der Waals surface area contributed by atoms with Gasteiger partial charge in [-0.3, -0.25) is 9.59 Å². The van der Waals surface area contributed by atoms with E-state index in [2.05, 4.69) is 26.8 Å². The molecule has 1 aliphatic carbocycles. The highest BCUT2D eigenvalue weighted by Gasteiger charge is 2.42. The Labute approximate surface area is 168 Å². The van der Waals surface area contributed by atoms with Crippen molar-refractivity contribution in [1.29, 1.82) is 0 Å². The highest BCUT2D eigenvalue weighted by Crippen LogP contribution is 2.42. The van der Waals surface area contributed by atoms with Crippen molar-refractivity contribution in [3.63, 3.8) is 0 Å². The molecule has 0 spiro atoms. The SMILES string of the molecule is CCCCC1=C[C@H](C(=O)c2ccccc2)[C@@H](C)[C@@H](C(=O)c2ccccc2)[C@H]1C. The van der Waals surface area contributed by atoms with Crippen LogP contribution in [0.1, 0.15) is 60.7 Å². The van der Waals surface area contributed by atoms with E-state index in [4.69, 9.17) is 0 Å². The number of unbranched alkanes of at least 4 members (excludes halogenated alkanes) is 1. The Kier molecular flexibility index (Phi) is 6.61. The molecule has 2 nitrogen and oxygen atoms in total. The average Bonchev–Trinajstić information content (AvgIpc) is 2.74. The van der Waals surface area contributed by atoms with E-state index in [9.17, 15) is 9.59 Å². The van der Waals surface area contributed by atoms with Crippen LogP contribution in [0.25, 0.3) is 0 Å². The summed E-state index contributed by atoms with van der Waals surface area (Å²) in [7, 11) is 0. The molecule has 0 N–H and O–H groups in total. The molecule has 3 rings (SSSR count). The molecule has 0 saturated carbocycles. The van der Waals surface area contributed by atoms with E-state index in [1.54, 1.807) is 0 Å². The van der Waals surface area contributed by atoms with Gasteiger partial charge < -0.3 is 0 Å². The van der Waals surface area contributed by atoms with E-state index in [0.29, 0.717) is 0 Å². The molecule has 0 aromatic heterocycles. The highest BCUT2D eigenvalue weighted by atomic mass is 16.1. The van der Waals surface area contributed by atoms with E-state index in [-0.39, 0.29) is 35.2 Å². The second-order valence-electron chi connectivity index (χ2n) is 8.01. The monoisotopic (exact) mass is 374 g/mol. The number of benzene rings is 2. The van der Waals surface area contributed by atoms with E-state index in [1.165, 1.54) is 5.57 Å². The van der Waals surface area contributed by atoms with Crippen molar-refractivity contribution in [2.24, 2.45) is 23.7 Å². The first-order valence-electron chi connectivity index (χ1n) is 10.4. The summed E-state index contributed by atoms with van der Waals surface area (Å²) >= 11 is 0. The van der Waals surface area contributed by atoms with Crippen LogP contribution in [-0.2, 0) is 0 Å². The lowest BCUT2D eigenvalue weighted by molar-refractivity contribution is 0.0733. The number of hydrogen-bond acceptors (Lipinski definition) is 2. The largest absolute Gasteiger partial charge is 0.294 e. The Morgan fingerprint density at radius 1 is 0.821 bits per heavy atom. The molecule has 2 aromatic carbocycles. The summed E-state index contributed by atoms with van der Waals surface area (Å²) in [4.78, 5) is 26.7. The number of rotatable bonds is 7. The molecule has 0 unspecified atom stereocenters. The molecule has 0 fully saturated rings. The summed E-state index contributed by atoms with van der Waals surface area (Å²) in [5, 5.41) is 0. The summed E-state index contributed by atoms with van der Waals surface area (Å²) in [5.41, 5.74) is 2.74. The second-order valence-corrected chi connectivity index (χ2v) is 8.01. The Morgan fingerprint density at radius 2 is 1.36 bits per heavy atom. The molecule has 2 heteroatoms. The zero-order chi connectivity index (χ0) is 20.1. The van der Waals surface area contributed by atoms with E-state index in [1.807, 2.05) is 60.7 Å². The molecule has 0 saturated heterocycles.